The second-order valence-electron chi connectivity index (χ2n) is 7.83. The van der Waals surface area contributed by atoms with Crippen LogP contribution in [0.15, 0.2) is 46.2 Å². The molecule has 0 fully saturated rings. The molecule has 0 saturated heterocycles. The molecule has 1 aliphatic rings. The summed E-state index contributed by atoms with van der Waals surface area (Å²) in [6.45, 7) is 2.95. The molecule has 1 heterocycles. The molecule has 158 valence electrons. The molecule has 0 aromatic heterocycles. The third-order valence-electron chi connectivity index (χ3n) is 4.81. The Morgan fingerprint density at radius 1 is 0.724 bits per heavy atom. The molecule has 0 amide bonds. The molecule has 7 heteroatoms. The van der Waals surface area contributed by atoms with E-state index >= 15 is 0 Å². The predicted octanol–water partition coefficient (Wildman–Crippen LogP) is 3.16. The van der Waals surface area contributed by atoms with Gasteiger partial charge in [0.05, 0.1) is 23.0 Å². The summed E-state index contributed by atoms with van der Waals surface area (Å²) in [6, 6.07) is 10.6. The summed E-state index contributed by atoms with van der Waals surface area (Å²) in [5.74, 6) is 1.16. The minimum atomic E-state index is -3.57. The summed E-state index contributed by atoms with van der Waals surface area (Å²) in [5, 5.41) is 0. The Kier molecular flexibility index (Phi) is 6.82. The molecule has 2 aromatic rings. The zero-order valence-corrected chi connectivity index (χ0v) is 18.5. The van der Waals surface area contributed by atoms with Gasteiger partial charge in [0.2, 0.25) is 9.84 Å². The highest BCUT2D eigenvalue weighted by molar-refractivity contribution is 7.92. The first-order valence-corrected chi connectivity index (χ1v) is 11.4. The topological polar surface area (TPSA) is 59.1 Å². The summed E-state index contributed by atoms with van der Waals surface area (Å²) < 4.78 is 37.7. The molecule has 0 aliphatic carbocycles. The number of benzene rings is 2. The van der Waals surface area contributed by atoms with Crippen LogP contribution in [0.1, 0.15) is 12.8 Å². The average Bonchev–Trinajstić information content (AvgIpc) is 2.89. The summed E-state index contributed by atoms with van der Waals surface area (Å²) in [6.07, 6.45) is 1.76. The smallest absolute Gasteiger partial charge is 0.208 e. The van der Waals surface area contributed by atoms with E-state index in [2.05, 4.69) is 9.80 Å². The Labute approximate surface area is 174 Å². The van der Waals surface area contributed by atoms with Gasteiger partial charge in [0, 0.05) is 24.2 Å². The van der Waals surface area contributed by atoms with Crippen LogP contribution in [0, 0.1) is 0 Å². The van der Waals surface area contributed by atoms with Crippen LogP contribution >= 0.6 is 0 Å². The largest absolute Gasteiger partial charge is 0.494 e. The molecule has 0 atom stereocenters. The summed E-state index contributed by atoms with van der Waals surface area (Å²) >= 11 is 0. The van der Waals surface area contributed by atoms with Gasteiger partial charge in [-0.1, -0.05) is 0 Å². The molecule has 0 unspecified atom stereocenters. The van der Waals surface area contributed by atoms with Gasteiger partial charge in [-0.05, 0) is 77.4 Å². The first kappa shape index (κ1) is 21.6. The first-order chi connectivity index (χ1) is 13.8. The molecule has 0 radical (unpaired) electrons. The van der Waals surface area contributed by atoms with Gasteiger partial charge in [0.15, 0.2) is 0 Å². The Morgan fingerprint density at radius 2 is 1.14 bits per heavy atom. The summed E-state index contributed by atoms with van der Waals surface area (Å²) in [4.78, 5) is 4.80. The molecule has 0 N–H and O–H groups in total. The Hall–Kier alpha value is -2.09. The van der Waals surface area contributed by atoms with Crippen LogP contribution in [0.5, 0.6) is 11.5 Å². The molecule has 6 nitrogen and oxygen atoms in total. The minimum absolute atomic E-state index is 0.308. The third kappa shape index (κ3) is 5.10. The second-order valence-corrected chi connectivity index (χ2v) is 9.72. The van der Waals surface area contributed by atoms with Crippen LogP contribution in [0.2, 0.25) is 0 Å². The summed E-state index contributed by atoms with van der Waals surface area (Å²) in [7, 11) is 4.48. The van der Waals surface area contributed by atoms with E-state index in [-0.39, 0.29) is 0 Å². The van der Waals surface area contributed by atoms with Gasteiger partial charge >= 0.3 is 0 Å². The molecule has 1 aliphatic heterocycles. The third-order valence-corrected chi connectivity index (χ3v) is 6.65. The standard InChI is InChI=1S/C22H30N2O4S/c1-23(2)11-5-13-27-17-7-9-19-20-10-8-18(28-14-6-12-24(3)4)16-22(20)29(25,26)21(19)15-17/h7-10,15-16H,5-6,11-14H2,1-4H3. The maximum Gasteiger partial charge on any atom is 0.208 e. The van der Waals surface area contributed by atoms with Crippen molar-refractivity contribution in [3.05, 3.63) is 36.4 Å². The van der Waals surface area contributed by atoms with E-state index in [0.717, 1.165) is 37.1 Å². The average molecular weight is 419 g/mol. The fourth-order valence-electron chi connectivity index (χ4n) is 3.33. The predicted molar refractivity (Wildman–Crippen MR) is 115 cm³/mol. The van der Waals surface area contributed by atoms with Crippen molar-refractivity contribution < 1.29 is 17.9 Å². The highest BCUT2D eigenvalue weighted by atomic mass is 32.2. The normalized spacial score (nSPS) is 14.1. The van der Waals surface area contributed by atoms with Gasteiger partial charge in [-0.3, -0.25) is 0 Å². The lowest BCUT2D eigenvalue weighted by Crippen LogP contribution is -2.15. The number of hydrogen-bond donors (Lipinski definition) is 0. The summed E-state index contributed by atoms with van der Waals surface area (Å²) in [5.41, 5.74) is 1.44. The van der Waals surface area contributed by atoms with Gasteiger partial charge in [0.1, 0.15) is 11.5 Å². The van der Waals surface area contributed by atoms with E-state index in [9.17, 15) is 8.42 Å². The van der Waals surface area contributed by atoms with Gasteiger partial charge in [-0.15, -0.1) is 0 Å². The molecular formula is C22H30N2O4S. The van der Waals surface area contributed by atoms with E-state index in [1.54, 1.807) is 12.1 Å². The van der Waals surface area contributed by atoms with Gasteiger partial charge in [-0.2, -0.15) is 0 Å². The van der Waals surface area contributed by atoms with Crippen LogP contribution in [0.3, 0.4) is 0 Å². The fraction of sp³-hybridized carbons (Fsp3) is 0.455. The Morgan fingerprint density at radius 3 is 1.52 bits per heavy atom. The molecule has 0 spiro atoms. The van der Waals surface area contributed by atoms with Crippen molar-refractivity contribution in [3.63, 3.8) is 0 Å². The number of hydrogen-bond acceptors (Lipinski definition) is 6. The fourth-order valence-corrected chi connectivity index (χ4v) is 5.05. The molecular weight excluding hydrogens is 388 g/mol. The Balaban J connectivity index is 1.74. The lowest BCUT2D eigenvalue weighted by molar-refractivity contribution is 0.281. The number of rotatable bonds is 10. The van der Waals surface area contributed by atoms with Crippen molar-refractivity contribution in [2.45, 2.75) is 22.6 Å². The van der Waals surface area contributed by atoms with E-state index < -0.39 is 9.84 Å². The number of fused-ring (bicyclic) bond motifs is 3. The van der Waals surface area contributed by atoms with Crippen LogP contribution in [-0.2, 0) is 9.84 Å². The van der Waals surface area contributed by atoms with Crippen LogP contribution < -0.4 is 9.47 Å². The highest BCUT2D eigenvalue weighted by Crippen LogP contribution is 2.45. The van der Waals surface area contributed by atoms with Crippen molar-refractivity contribution in [1.82, 2.24) is 9.80 Å². The highest BCUT2D eigenvalue weighted by Gasteiger charge is 2.33. The van der Waals surface area contributed by atoms with Crippen molar-refractivity contribution in [1.29, 1.82) is 0 Å². The zero-order valence-electron chi connectivity index (χ0n) is 17.6. The number of sulfone groups is 1. The van der Waals surface area contributed by atoms with Crippen LogP contribution in [0.4, 0.5) is 0 Å². The lowest BCUT2D eigenvalue weighted by atomic mass is 10.1. The quantitative estimate of drug-likeness (QED) is 0.472. The van der Waals surface area contributed by atoms with E-state index in [0.29, 0.717) is 34.5 Å². The van der Waals surface area contributed by atoms with Crippen molar-refractivity contribution in [2.24, 2.45) is 0 Å². The lowest BCUT2D eigenvalue weighted by Gasteiger charge is -2.11. The number of ether oxygens (including phenoxy) is 2. The van der Waals surface area contributed by atoms with Gasteiger partial charge in [0.25, 0.3) is 0 Å². The van der Waals surface area contributed by atoms with Crippen molar-refractivity contribution >= 4 is 9.84 Å². The molecule has 0 bridgehead atoms. The Bertz CT molecular complexity index is 884. The van der Waals surface area contributed by atoms with Crippen LogP contribution in [-0.4, -0.2) is 72.7 Å². The maximum absolute atomic E-state index is 13.1. The second kappa shape index (κ2) is 9.15. The monoisotopic (exact) mass is 418 g/mol. The van der Waals surface area contributed by atoms with Crippen LogP contribution in [0.25, 0.3) is 11.1 Å². The van der Waals surface area contributed by atoms with Crippen molar-refractivity contribution in [3.8, 4) is 22.6 Å². The van der Waals surface area contributed by atoms with Gasteiger partial charge in [-0.25, -0.2) is 8.42 Å². The van der Waals surface area contributed by atoms with Gasteiger partial charge < -0.3 is 19.3 Å². The SMILES string of the molecule is CN(C)CCCOc1ccc2c(c1)S(=O)(=O)c1cc(OCCCN(C)C)ccc1-2. The maximum atomic E-state index is 13.1. The number of nitrogens with zero attached hydrogens (tertiary/aromatic N) is 2. The first-order valence-electron chi connectivity index (χ1n) is 9.87. The van der Waals surface area contributed by atoms with Crippen molar-refractivity contribution in [2.75, 3.05) is 54.5 Å². The molecule has 0 saturated carbocycles. The zero-order chi connectivity index (χ0) is 21.0. The minimum Gasteiger partial charge on any atom is -0.494 e. The molecule has 2 aromatic carbocycles. The van der Waals surface area contributed by atoms with E-state index in [1.807, 2.05) is 52.5 Å². The van der Waals surface area contributed by atoms with E-state index in [4.69, 9.17) is 9.47 Å². The molecule has 3 rings (SSSR count). The molecule has 29 heavy (non-hydrogen) atoms. The van der Waals surface area contributed by atoms with E-state index in [1.165, 1.54) is 0 Å².